The van der Waals surface area contributed by atoms with Crippen molar-refractivity contribution in [2.24, 2.45) is 12.0 Å². The molecular weight excluding hydrogens is 302 g/mol. The third-order valence-corrected chi connectivity index (χ3v) is 3.95. The highest BCUT2D eigenvalue weighted by atomic mass is 16.5. The number of aryl methyl sites for hydroxylation is 2. The van der Waals surface area contributed by atoms with Crippen LogP contribution in [0.25, 0.3) is 0 Å². The number of hydrogen-bond donors (Lipinski definition) is 2. The van der Waals surface area contributed by atoms with E-state index in [-0.39, 0.29) is 6.10 Å². The van der Waals surface area contributed by atoms with Gasteiger partial charge in [0.25, 0.3) is 0 Å². The van der Waals surface area contributed by atoms with Crippen molar-refractivity contribution in [2.45, 2.75) is 33.4 Å². The van der Waals surface area contributed by atoms with Gasteiger partial charge in [0.05, 0.1) is 12.2 Å². The van der Waals surface area contributed by atoms with Crippen LogP contribution in [0.1, 0.15) is 23.9 Å². The van der Waals surface area contributed by atoms with E-state index in [4.69, 9.17) is 4.74 Å². The van der Waals surface area contributed by atoms with Crippen molar-refractivity contribution >= 4 is 5.96 Å². The fourth-order valence-corrected chi connectivity index (χ4v) is 2.48. The highest BCUT2D eigenvalue weighted by Gasteiger charge is 2.10. The van der Waals surface area contributed by atoms with Crippen LogP contribution in [0.5, 0.6) is 5.75 Å². The van der Waals surface area contributed by atoms with Gasteiger partial charge in [0, 0.05) is 31.9 Å². The Morgan fingerprint density at radius 1 is 1.25 bits per heavy atom. The Bertz CT molecular complexity index is 678. The zero-order valence-electron chi connectivity index (χ0n) is 15.1. The summed E-state index contributed by atoms with van der Waals surface area (Å²) in [7, 11) is 3.72. The molecule has 0 aliphatic rings. The number of ether oxygens (including phenoxy) is 1. The van der Waals surface area contributed by atoms with Gasteiger partial charge in [0.2, 0.25) is 0 Å². The average molecular weight is 329 g/mol. The van der Waals surface area contributed by atoms with Crippen LogP contribution in [-0.2, 0) is 13.6 Å². The van der Waals surface area contributed by atoms with E-state index < -0.39 is 0 Å². The normalized spacial score (nSPS) is 12.8. The van der Waals surface area contributed by atoms with Crippen LogP contribution < -0.4 is 15.4 Å². The molecule has 1 unspecified atom stereocenters. The molecule has 0 saturated carbocycles. The standard InChI is InChI=1S/C18H27N5O/c1-13(24-16-9-7-6-8-10-16)11-20-18(19-4)21-12-17-14(2)22-23(5)15(17)3/h6-10,13H,11-12H2,1-5H3,(H2,19,20,21). The molecule has 0 aliphatic heterocycles. The quantitative estimate of drug-likeness (QED) is 0.630. The molecule has 24 heavy (non-hydrogen) atoms. The van der Waals surface area contributed by atoms with Crippen LogP contribution in [0.3, 0.4) is 0 Å². The largest absolute Gasteiger partial charge is 0.489 e. The predicted octanol–water partition coefficient (Wildman–Crippen LogP) is 2.17. The number of benzene rings is 1. The first-order valence-corrected chi connectivity index (χ1v) is 8.16. The Kier molecular flexibility index (Phi) is 6.23. The number of rotatable bonds is 6. The monoisotopic (exact) mass is 329 g/mol. The highest BCUT2D eigenvalue weighted by Crippen LogP contribution is 2.11. The van der Waals surface area contributed by atoms with E-state index in [0.717, 1.165) is 23.1 Å². The lowest BCUT2D eigenvalue weighted by Gasteiger charge is -2.17. The van der Waals surface area contributed by atoms with Crippen LogP contribution in [0.2, 0.25) is 0 Å². The molecule has 6 nitrogen and oxygen atoms in total. The second kappa shape index (κ2) is 8.38. The Morgan fingerprint density at radius 2 is 1.96 bits per heavy atom. The van der Waals surface area contributed by atoms with Crippen molar-refractivity contribution in [3.8, 4) is 5.75 Å². The zero-order valence-corrected chi connectivity index (χ0v) is 15.1. The van der Waals surface area contributed by atoms with Crippen LogP contribution >= 0.6 is 0 Å². The van der Waals surface area contributed by atoms with Gasteiger partial charge < -0.3 is 15.4 Å². The summed E-state index contributed by atoms with van der Waals surface area (Å²) >= 11 is 0. The molecule has 6 heteroatoms. The highest BCUT2D eigenvalue weighted by molar-refractivity contribution is 5.79. The van der Waals surface area contributed by atoms with Gasteiger partial charge in [-0.3, -0.25) is 9.67 Å². The molecule has 0 radical (unpaired) electrons. The third kappa shape index (κ3) is 4.75. The number of guanidine groups is 1. The molecule has 130 valence electrons. The summed E-state index contributed by atoms with van der Waals surface area (Å²) in [6.45, 7) is 7.49. The smallest absolute Gasteiger partial charge is 0.191 e. The summed E-state index contributed by atoms with van der Waals surface area (Å²) in [6.07, 6.45) is 0.0350. The molecule has 2 rings (SSSR count). The summed E-state index contributed by atoms with van der Waals surface area (Å²) < 4.78 is 7.76. The first-order valence-electron chi connectivity index (χ1n) is 8.16. The second-order valence-corrected chi connectivity index (χ2v) is 5.82. The Labute approximate surface area is 143 Å². The fourth-order valence-electron chi connectivity index (χ4n) is 2.48. The minimum atomic E-state index is 0.0350. The van der Waals surface area contributed by atoms with Gasteiger partial charge in [-0.05, 0) is 32.9 Å². The van der Waals surface area contributed by atoms with Gasteiger partial charge in [-0.1, -0.05) is 18.2 Å². The first kappa shape index (κ1) is 17.8. The molecular formula is C18H27N5O. The molecule has 1 aromatic carbocycles. The van der Waals surface area contributed by atoms with Crippen LogP contribution in [-0.4, -0.2) is 35.4 Å². The van der Waals surface area contributed by atoms with Gasteiger partial charge in [-0.25, -0.2) is 0 Å². The predicted molar refractivity (Wildman–Crippen MR) is 97.4 cm³/mol. The van der Waals surface area contributed by atoms with E-state index in [1.165, 1.54) is 5.56 Å². The molecule has 2 aromatic rings. The summed E-state index contributed by atoms with van der Waals surface area (Å²) in [5, 5.41) is 11.1. The van der Waals surface area contributed by atoms with Crippen molar-refractivity contribution in [1.29, 1.82) is 0 Å². The van der Waals surface area contributed by atoms with Crippen LogP contribution in [0.4, 0.5) is 0 Å². The number of nitrogens with one attached hydrogen (secondary N) is 2. The van der Waals surface area contributed by atoms with Crippen molar-refractivity contribution in [3.63, 3.8) is 0 Å². The Morgan fingerprint density at radius 3 is 2.54 bits per heavy atom. The van der Waals surface area contributed by atoms with E-state index in [1.807, 2.05) is 55.9 Å². The summed E-state index contributed by atoms with van der Waals surface area (Å²) in [4.78, 5) is 4.26. The SMILES string of the molecule is CN=C(NCc1c(C)nn(C)c1C)NCC(C)Oc1ccccc1. The molecule has 1 aromatic heterocycles. The number of nitrogens with zero attached hydrogens (tertiary/aromatic N) is 3. The third-order valence-electron chi connectivity index (χ3n) is 3.95. The maximum absolute atomic E-state index is 5.85. The minimum Gasteiger partial charge on any atom is -0.489 e. The number of para-hydroxylation sites is 1. The molecule has 0 amide bonds. The zero-order chi connectivity index (χ0) is 17.5. The van der Waals surface area contributed by atoms with Gasteiger partial charge >= 0.3 is 0 Å². The summed E-state index contributed by atoms with van der Waals surface area (Å²) in [5.41, 5.74) is 3.41. The Balaban J connectivity index is 1.82. The lowest BCUT2D eigenvalue weighted by atomic mass is 10.2. The lowest BCUT2D eigenvalue weighted by Crippen LogP contribution is -2.41. The van der Waals surface area contributed by atoms with Gasteiger partial charge in [0.15, 0.2) is 5.96 Å². The van der Waals surface area contributed by atoms with Crippen LogP contribution in [0, 0.1) is 13.8 Å². The van der Waals surface area contributed by atoms with E-state index in [0.29, 0.717) is 13.1 Å². The number of aliphatic imine (C=N–C) groups is 1. The number of aromatic nitrogens is 2. The Hall–Kier alpha value is -2.50. The molecule has 2 N–H and O–H groups in total. The van der Waals surface area contributed by atoms with E-state index in [9.17, 15) is 0 Å². The van der Waals surface area contributed by atoms with Gasteiger partial charge in [-0.15, -0.1) is 0 Å². The molecule has 0 bridgehead atoms. The van der Waals surface area contributed by atoms with Gasteiger partial charge in [0.1, 0.15) is 11.9 Å². The maximum atomic E-state index is 5.85. The maximum Gasteiger partial charge on any atom is 0.191 e. The molecule has 1 heterocycles. The summed E-state index contributed by atoms with van der Waals surface area (Å²) in [5.74, 6) is 1.62. The molecule has 0 fully saturated rings. The summed E-state index contributed by atoms with van der Waals surface area (Å²) in [6, 6.07) is 9.82. The molecule has 0 saturated heterocycles. The minimum absolute atomic E-state index is 0.0350. The average Bonchev–Trinajstić information content (AvgIpc) is 2.81. The van der Waals surface area contributed by atoms with E-state index >= 15 is 0 Å². The van der Waals surface area contributed by atoms with E-state index in [1.54, 1.807) is 7.05 Å². The molecule has 1 atom stereocenters. The molecule has 0 aliphatic carbocycles. The second-order valence-electron chi connectivity index (χ2n) is 5.82. The topological polar surface area (TPSA) is 63.5 Å². The van der Waals surface area contributed by atoms with Crippen molar-refractivity contribution in [3.05, 3.63) is 47.3 Å². The lowest BCUT2D eigenvalue weighted by molar-refractivity contribution is 0.224. The fraction of sp³-hybridized carbons (Fsp3) is 0.444. The van der Waals surface area contributed by atoms with Crippen LogP contribution in [0.15, 0.2) is 35.3 Å². The molecule has 0 spiro atoms. The van der Waals surface area contributed by atoms with Crippen molar-refractivity contribution in [1.82, 2.24) is 20.4 Å². The van der Waals surface area contributed by atoms with Gasteiger partial charge in [-0.2, -0.15) is 5.10 Å². The van der Waals surface area contributed by atoms with Crippen molar-refractivity contribution < 1.29 is 4.74 Å². The number of hydrogen-bond acceptors (Lipinski definition) is 3. The first-order chi connectivity index (χ1) is 11.5. The van der Waals surface area contributed by atoms with E-state index in [2.05, 4.69) is 27.6 Å². The van der Waals surface area contributed by atoms with Crippen molar-refractivity contribution in [2.75, 3.05) is 13.6 Å².